The molecule has 1 rings (SSSR count). The lowest BCUT2D eigenvalue weighted by molar-refractivity contribution is -0.153. The van der Waals surface area contributed by atoms with E-state index in [4.69, 9.17) is 9.47 Å². The van der Waals surface area contributed by atoms with Gasteiger partial charge in [-0.1, -0.05) is 70.4 Å². The number of ether oxygens (including phenoxy) is 2. The second-order valence-corrected chi connectivity index (χ2v) is 8.40. The van der Waals surface area contributed by atoms with Crippen LogP contribution in [0.1, 0.15) is 71.3 Å². The molecule has 0 aliphatic rings. The quantitative estimate of drug-likeness (QED) is 0.323. The van der Waals surface area contributed by atoms with Gasteiger partial charge < -0.3 is 19.9 Å². The molecule has 0 radical (unpaired) electrons. The van der Waals surface area contributed by atoms with Crippen molar-refractivity contribution in [1.29, 1.82) is 0 Å². The van der Waals surface area contributed by atoms with Crippen LogP contribution in [-0.4, -0.2) is 42.2 Å². The number of carbonyl (C=O) groups is 3. The van der Waals surface area contributed by atoms with Crippen LogP contribution < -0.4 is 5.32 Å². The Morgan fingerprint density at radius 3 is 2.29 bits per heavy atom. The predicted molar refractivity (Wildman–Crippen MR) is 118 cm³/mol. The third-order valence-corrected chi connectivity index (χ3v) is 4.93. The van der Waals surface area contributed by atoms with Crippen LogP contribution in [0.3, 0.4) is 0 Å². The van der Waals surface area contributed by atoms with Crippen LogP contribution in [0.2, 0.25) is 0 Å². The molecular weight excluding hydrogens is 398 g/mol. The van der Waals surface area contributed by atoms with Gasteiger partial charge in [-0.2, -0.15) is 0 Å². The molecule has 0 saturated carbocycles. The molecule has 0 aliphatic carbocycles. The van der Waals surface area contributed by atoms with Crippen LogP contribution in [0.25, 0.3) is 0 Å². The summed E-state index contributed by atoms with van der Waals surface area (Å²) in [6.07, 6.45) is 3.54. The van der Waals surface area contributed by atoms with Crippen LogP contribution in [0.4, 0.5) is 0 Å². The van der Waals surface area contributed by atoms with Crippen LogP contribution in [0.15, 0.2) is 30.3 Å². The topological polar surface area (TPSA) is 102 Å². The normalized spacial score (nSPS) is 12.1. The average molecular weight is 436 g/mol. The number of carbonyl (C=O) groups excluding carboxylic acids is 3. The molecule has 1 aromatic carbocycles. The number of unbranched alkanes of at least 4 members (excludes halogenated alkanes) is 3. The lowest BCUT2D eigenvalue weighted by Crippen LogP contribution is -2.46. The van der Waals surface area contributed by atoms with Crippen molar-refractivity contribution in [3.05, 3.63) is 35.9 Å². The molecule has 1 atom stereocenters. The molecule has 7 heteroatoms. The average Bonchev–Trinajstić information content (AvgIpc) is 2.77. The highest BCUT2D eigenvalue weighted by atomic mass is 16.5. The molecule has 0 heterocycles. The summed E-state index contributed by atoms with van der Waals surface area (Å²) in [6.45, 7) is 5.86. The summed E-state index contributed by atoms with van der Waals surface area (Å²) < 4.78 is 10.4. The van der Waals surface area contributed by atoms with Crippen molar-refractivity contribution in [1.82, 2.24) is 5.32 Å². The molecule has 31 heavy (non-hydrogen) atoms. The van der Waals surface area contributed by atoms with Crippen LogP contribution in [0, 0.1) is 5.41 Å². The second-order valence-electron chi connectivity index (χ2n) is 8.40. The van der Waals surface area contributed by atoms with Gasteiger partial charge >= 0.3 is 11.9 Å². The van der Waals surface area contributed by atoms with Crippen molar-refractivity contribution in [3.63, 3.8) is 0 Å². The van der Waals surface area contributed by atoms with Gasteiger partial charge in [0.05, 0.1) is 6.61 Å². The fourth-order valence-electron chi connectivity index (χ4n) is 2.82. The lowest BCUT2D eigenvalue weighted by atomic mass is 9.87. The SMILES string of the molecule is CCCCCCC(=O)OCC(C)(C)C(O)C(=O)NCCCC(=O)OCc1ccccc1. The van der Waals surface area contributed by atoms with Gasteiger partial charge in [0.15, 0.2) is 0 Å². The smallest absolute Gasteiger partial charge is 0.306 e. The monoisotopic (exact) mass is 435 g/mol. The number of aliphatic hydroxyl groups is 1. The second kappa shape index (κ2) is 14.6. The van der Waals surface area contributed by atoms with E-state index in [1.54, 1.807) is 13.8 Å². The molecule has 0 saturated heterocycles. The summed E-state index contributed by atoms with van der Waals surface area (Å²) in [7, 11) is 0. The largest absolute Gasteiger partial charge is 0.465 e. The molecule has 7 nitrogen and oxygen atoms in total. The zero-order valence-electron chi connectivity index (χ0n) is 19.0. The van der Waals surface area contributed by atoms with Crippen LogP contribution in [-0.2, 0) is 30.5 Å². The fourth-order valence-corrected chi connectivity index (χ4v) is 2.82. The minimum atomic E-state index is -1.33. The van der Waals surface area contributed by atoms with Crippen molar-refractivity contribution in [2.45, 2.75) is 78.4 Å². The van der Waals surface area contributed by atoms with Gasteiger partial charge in [-0.25, -0.2) is 0 Å². The first-order valence-corrected chi connectivity index (χ1v) is 11.1. The third kappa shape index (κ3) is 11.5. The van der Waals surface area contributed by atoms with Crippen molar-refractivity contribution >= 4 is 17.8 Å². The standard InChI is InChI=1S/C24H37NO6/c1-4-5-6-10-14-21(27)31-18-24(2,3)22(28)23(29)25-16-11-15-20(26)30-17-19-12-8-7-9-13-19/h7-9,12-13,22,28H,4-6,10-11,14-18H2,1-3H3,(H,25,29). The van der Waals surface area contributed by atoms with E-state index in [9.17, 15) is 19.5 Å². The Kier molecular flexibility index (Phi) is 12.5. The molecule has 2 N–H and O–H groups in total. The molecule has 1 aromatic rings. The summed E-state index contributed by atoms with van der Waals surface area (Å²) >= 11 is 0. The van der Waals surface area contributed by atoms with Gasteiger partial charge in [-0.3, -0.25) is 14.4 Å². The number of aliphatic hydroxyl groups excluding tert-OH is 1. The fraction of sp³-hybridized carbons (Fsp3) is 0.625. The molecule has 0 fully saturated rings. The first kappa shape index (κ1) is 26.6. The number of nitrogens with one attached hydrogen (secondary N) is 1. The Balaban J connectivity index is 2.22. The Hall–Kier alpha value is -2.41. The van der Waals surface area contributed by atoms with Gasteiger partial charge in [-0.05, 0) is 18.4 Å². The number of hydrogen-bond acceptors (Lipinski definition) is 6. The highest BCUT2D eigenvalue weighted by molar-refractivity contribution is 5.81. The van der Waals surface area contributed by atoms with E-state index in [-0.39, 0.29) is 38.1 Å². The predicted octanol–water partition coefficient (Wildman–Crippen LogP) is 3.53. The van der Waals surface area contributed by atoms with E-state index >= 15 is 0 Å². The lowest BCUT2D eigenvalue weighted by Gasteiger charge is -2.29. The zero-order valence-corrected chi connectivity index (χ0v) is 19.0. The number of esters is 2. The molecule has 0 bridgehead atoms. The first-order chi connectivity index (χ1) is 14.8. The number of benzene rings is 1. The van der Waals surface area contributed by atoms with E-state index < -0.39 is 17.4 Å². The Morgan fingerprint density at radius 1 is 0.968 bits per heavy atom. The molecular formula is C24H37NO6. The summed E-state index contributed by atoms with van der Waals surface area (Å²) in [5.41, 5.74) is -0.00576. The van der Waals surface area contributed by atoms with E-state index in [1.807, 2.05) is 30.3 Å². The molecule has 0 aromatic heterocycles. The minimum Gasteiger partial charge on any atom is -0.465 e. The van der Waals surface area contributed by atoms with Crippen molar-refractivity contribution < 1.29 is 29.0 Å². The zero-order chi connectivity index (χ0) is 23.1. The van der Waals surface area contributed by atoms with E-state index in [0.29, 0.717) is 12.8 Å². The highest BCUT2D eigenvalue weighted by Gasteiger charge is 2.34. The highest BCUT2D eigenvalue weighted by Crippen LogP contribution is 2.22. The van der Waals surface area contributed by atoms with Gasteiger partial charge in [0, 0.05) is 24.8 Å². The minimum absolute atomic E-state index is 0.0417. The number of hydrogen-bond donors (Lipinski definition) is 2. The van der Waals surface area contributed by atoms with Gasteiger partial charge in [0.2, 0.25) is 5.91 Å². The van der Waals surface area contributed by atoms with E-state index in [0.717, 1.165) is 31.2 Å². The van der Waals surface area contributed by atoms with Crippen LogP contribution in [0.5, 0.6) is 0 Å². The van der Waals surface area contributed by atoms with Gasteiger partial charge in [0.1, 0.15) is 12.7 Å². The summed E-state index contributed by atoms with van der Waals surface area (Å²) in [5.74, 6) is -1.21. The summed E-state index contributed by atoms with van der Waals surface area (Å²) in [6, 6.07) is 9.39. The molecule has 1 amide bonds. The van der Waals surface area contributed by atoms with Crippen molar-refractivity contribution in [2.75, 3.05) is 13.2 Å². The number of rotatable bonds is 15. The van der Waals surface area contributed by atoms with E-state index in [1.165, 1.54) is 0 Å². The molecule has 0 aliphatic heterocycles. The van der Waals surface area contributed by atoms with Gasteiger partial charge in [0.25, 0.3) is 0 Å². The maximum Gasteiger partial charge on any atom is 0.306 e. The van der Waals surface area contributed by atoms with Crippen molar-refractivity contribution in [3.8, 4) is 0 Å². The molecule has 0 spiro atoms. The maximum atomic E-state index is 12.2. The van der Waals surface area contributed by atoms with E-state index in [2.05, 4.69) is 12.2 Å². The van der Waals surface area contributed by atoms with Crippen molar-refractivity contribution in [2.24, 2.45) is 5.41 Å². The third-order valence-electron chi connectivity index (χ3n) is 4.93. The van der Waals surface area contributed by atoms with Gasteiger partial charge in [-0.15, -0.1) is 0 Å². The van der Waals surface area contributed by atoms with Crippen LogP contribution >= 0.6 is 0 Å². The Bertz CT molecular complexity index is 674. The Morgan fingerprint density at radius 2 is 1.61 bits per heavy atom. The first-order valence-electron chi connectivity index (χ1n) is 11.1. The molecule has 1 unspecified atom stereocenters. The molecule has 174 valence electrons. The maximum absolute atomic E-state index is 12.2. The summed E-state index contributed by atoms with van der Waals surface area (Å²) in [4.78, 5) is 35.8. The summed E-state index contributed by atoms with van der Waals surface area (Å²) in [5, 5.41) is 12.9. The number of amides is 1. The Labute approximate surface area is 185 Å².